The van der Waals surface area contributed by atoms with E-state index in [0.29, 0.717) is 18.0 Å². The van der Waals surface area contributed by atoms with Crippen LogP contribution in [-0.4, -0.2) is 31.9 Å². The van der Waals surface area contributed by atoms with Crippen molar-refractivity contribution in [3.63, 3.8) is 0 Å². The predicted octanol–water partition coefficient (Wildman–Crippen LogP) is 2.32. The Morgan fingerprint density at radius 2 is 2.00 bits per heavy atom. The van der Waals surface area contributed by atoms with E-state index in [9.17, 15) is 4.79 Å². The molecular formula is C13H19NO3S. The molecule has 5 heteroatoms. The first kappa shape index (κ1) is 14.7. The third-order valence-electron chi connectivity index (χ3n) is 2.39. The lowest BCUT2D eigenvalue weighted by Gasteiger charge is -2.13. The van der Waals surface area contributed by atoms with Crippen LogP contribution in [0.5, 0.6) is 11.5 Å². The molecule has 0 radical (unpaired) electrons. The first-order valence-corrected chi connectivity index (χ1v) is 6.66. The van der Waals surface area contributed by atoms with Gasteiger partial charge in [-0.05, 0) is 32.0 Å². The Labute approximate surface area is 112 Å². The maximum absolute atomic E-state index is 11.6. The van der Waals surface area contributed by atoms with Crippen molar-refractivity contribution in [1.82, 2.24) is 5.32 Å². The van der Waals surface area contributed by atoms with E-state index >= 15 is 0 Å². The summed E-state index contributed by atoms with van der Waals surface area (Å²) in [6.07, 6.45) is 0. The second kappa shape index (κ2) is 7.16. The van der Waals surface area contributed by atoms with E-state index in [0.717, 1.165) is 4.90 Å². The molecule has 1 aromatic carbocycles. The fourth-order valence-electron chi connectivity index (χ4n) is 1.47. The SMILES string of the molecule is CCNC(=O)[C@H](C)Sc1ccc(OC)c(OC)c1. The van der Waals surface area contributed by atoms with Gasteiger partial charge in [0.1, 0.15) is 0 Å². The van der Waals surface area contributed by atoms with Gasteiger partial charge in [-0.1, -0.05) is 0 Å². The number of hydrogen-bond donors (Lipinski definition) is 1. The Balaban J connectivity index is 2.76. The summed E-state index contributed by atoms with van der Waals surface area (Å²) in [5, 5.41) is 2.66. The smallest absolute Gasteiger partial charge is 0.233 e. The second-order valence-corrected chi connectivity index (χ2v) is 5.09. The summed E-state index contributed by atoms with van der Waals surface area (Å²) in [5.41, 5.74) is 0. The molecular weight excluding hydrogens is 250 g/mol. The van der Waals surface area contributed by atoms with Crippen LogP contribution in [0.1, 0.15) is 13.8 Å². The van der Waals surface area contributed by atoms with Gasteiger partial charge in [0, 0.05) is 11.4 Å². The highest BCUT2D eigenvalue weighted by Gasteiger charge is 2.14. The number of rotatable bonds is 6. The molecule has 1 amide bonds. The number of thioether (sulfide) groups is 1. The number of amides is 1. The topological polar surface area (TPSA) is 47.6 Å². The van der Waals surface area contributed by atoms with Crippen LogP contribution in [0.15, 0.2) is 23.1 Å². The maximum Gasteiger partial charge on any atom is 0.233 e. The van der Waals surface area contributed by atoms with E-state index < -0.39 is 0 Å². The molecule has 0 unspecified atom stereocenters. The highest BCUT2D eigenvalue weighted by molar-refractivity contribution is 8.00. The summed E-state index contributed by atoms with van der Waals surface area (Å²) >= 11 is 1.49. The highest BCUT2D eigenvalue weighted by Crippen LogP contribution is 2.33. The lowest BCUT2D eigenvalue weighted by atomic mass is 10.3. The first-order valence-electron chi connectivity index (χ1n) is 5.78. The molecule has 0 saturated carbocycles. The summed E-state index contributed by atoms with van der Waals surface area (Å²) in [6, 6.07) is 5.63. The molecule has 0 aliphatic rings. The van der Waals surface area contributed by atoms with Crippen molar-refractivity contribution >= 4 is 17.7 Å². The number of ether oxygens (including phenoxy) is 2. The van der Waals surface area contributed by atoms with Gasteiger partial charge in [-0.15, -0.1) is 11.8 Å². The average molecular weight is 269 g/mol. The molecule has 100 valence electrons. The maximum atomic E-state index is 11.6. The van der Waals surface area contributed by atoms with Crippen molar-refractivity contribution in [2.45, 2.75) is 24.0 Å². The molecule has 0 saturated heterocycles. The molecule has 0 aliphatic heterocycles. The molecule has 0 fully saturated rings. The third kappa shape index (κ3) is 3.84. The summed E-state index contributed by atoms with van der Waals surface area (Å²) in [5.74, 6) is 1.40. The fourth-order valence-corrected chi connectivity index (χ4v) is 2.39. The van der Waals surface area contributed by atoms with E-state index in [1.807, 2.05) is 32.0 Å². The van der Waals surface area contributed by atoms with E-state index in [1.165, 1.54) is 11.8 Å². The van der Waals surface area contributed by atoms with Crippen molar-refractivity contribution in [2.24, 2.45) is 0 Å². The van der Waals surface area contributed by atoms with Crippen LogP contribution in [-0.2, 0) is 4.79 Å². The van der Waals surface area contributed by atoms with E-state index in [2.05, 4.69) is 5.32 Å². The average Bonchev–Trinajstić information content (AvgIpc) is 2.38. The zero-order chi connectivity index (χ0) is 13.5. The minimum absolute atomic E-state index is 0.0392. The van der Waals surface area contributed by atoms with Crippen molar-refractivity contribution in [1.29, 1.82) is 0 Å². The number of carbonyl (C=O) groups excluding carboxylic acids is 1. The monoisotopic (exact) mass is 269 g/mol. The van der Waals surface area contributed by atoms with E-state index in [1.54, 1.807) is 14.2 Å². The van der Waals surface area contributed by atoms with Crippen LogP contribution in [0, 0.1) is 0 Å². The molecule has 1 aromatic rings. The summed E-state index contributed by atoms with van der Waals surface area (Å²) in [4.78, 5) is 12.6. The van der Waals surface area contributed by atoms with Crippen LogP contribution in [0.3, 0.4) is 0 Å². The lowest BCUT2D eigenvalue weighted by molar-refractivity contribution is -0.120. The first-order chi connectivity index (χ1) is 8.62. The fraction of sp³-hybridized carbons (Fsp3) is 0.462. The van der Waals surface area contributed by atoms with Crippen molar-refractivity contribution in [2.75, 3.05) is 20.8 Å². The molecule has 0 heterocycles. The van der Waals surface area contributed by atoms with Gasteiger partial charge in [-0.2, -0.15) is 0 Å². The Morgan fingerprint density at radius 3 is 2.56 bits per heavy atom. The summed E-state index contributed by atoms with van der Waals surface area (Å²) in [7, 11) is 3.20. The highest BCUT2D eigenvalue weighted by atomic mass is 32.2. The minimum Gasteiger partial charge on any atom is -0.493 e. The second-order valence-electron chi connectivity index (χ2n) is 3.67. The van der Waals surface area contributed by atoms with Gasteiger partial charge < -0.3 is 14.8 Å². The van der Waals surface area contributed by atoms with Crippen LogP contribution < -0.4 is 14.8 Å². The summed E-state index contributed by atoms with van der Waals surface area (Å²) < 4.78 is 10.4. The number of hydrogen-bond acceptors (Lipinski definition) is 4. The van der Waals surface area contributed by atoms with Gasteiger partial charge in [-0.3, -0.25) is 4.79 Å². The van der Waals surface area contributed by atoms with Crippen LogP contribution >= 0.6 is 11.8 Å². The van der Waals surface area contributed by atoms with Gasteiger partial charge in [0.05, 0.1) is 19.5 Å². The predicted molar refractivity (Wildman–Crippen MR) is 73.5 cm³/mol. The summed E-state index contributed by atoms with van der Waals surface area (Å²) in [6.45, 7) is 4.44. The van der Waals surface area contributed by atoms with Crippen molar-refractivity contribution in [3.05, 3.63) is 18.2 Å². The number of methoxy groups -OCH3 is 2. The van der Waals surface area contributed by atoms with E-state index in [-0.39, 0.29) is 11.2 Å². The molecule has 1 N–H and O–H groups in total. The van der Waals surface area contributed by atoms with Gasteiger partial charge in [0.25, 0.3) is 0 Å². The largest absolute Gasteiger partial charge is 0.493 e. The van der Waals surface area contributed by atoms with Crippen molar-refractivity contribution in [3.8, 4) is 11.5 Å². The molecule has 1 atom stereocenters. The molecule has 4 nitrogen and oxygen atoms in total. The normalized spacial score (nSPS) is 11.8. The third-order valence-corrected chi connectivity index (χ3v) is 3.48. The van der Waals surface area contributed by atoms with Gasteiger partial charge in [0.15, 0.2) is 11.5 Å². The van der Waals surface area contributed by atoms with Crippen LogP contribution in [0.4, 0.5) is 0 Å². The number of nitrogens with one attached hydrogen (secondary N) is 1. The molecule has 0 bridgehead atoms. The van der Waals surface area contributed by atoms with Gasteiger partial charge in [-0.25, -0.2) is 0 Å². The Bertz CT molecular complexity index is 409. The van der Waals surface area contributed by atoms with Crippen molar-refractivity contribution < 1.29 is 14.3 Å². The molecule has 0 aliphatic carbocycles. The van der Waals surface area contributed by atoms with Crippen LogP contribution in [0.2, 0.25) is 0 Å². The van der Waals surface area contributed by atoms with Gasteiger partial charge in [0.2, 0.25) is 5.91 Å². The number of carbonyl (C=O) groups is 1. The molecule has 1 rings (SSSR count). The molecule has 18 heavy (non-hydrogen) atoms. The minimum atomic E-state index is -0.136. The zero-order valence-corrected chi connectivity index (χ0v) is 12.0. The molecule has 0 spiro atoms. The lowest BCUT2D eigenvalue weighted by Crippen LogP contribution is -2.30. The van der Waals surface area contributed by atoms with Crippen LogP contribution in [0.25, 0.3) is 0 Å². The zero-order valence-electron chi connectivity index (χ0n) is 11.1. The Kier molecular flexibility index (Phi) is 5.85. The molecule has 0 aromatic heterocycles. The standard InChI is InChI=1S/C13H19NO3S/c1-5-14-13(15)9(2)18-10-6-7-11(16-3)12(8-10)17-4/h6-9H,5H2,1-4H3,(H,14,15)/t9-/m0/s1. The Morgan fingerprint density at radius 1 is 1.33 bits per heavy atom. The van der Waals surface area contributed by atoms with E-state index in [4.69, 9.17) is 9.47 Å². The van der Waals surface area contributed by atoms with Gasteiger partial charge >= 0.3 is 0 Å². The Hall–Kier alpha value is -1.36. The number of benzene rings is 1. The quantitative estimate of drug-likeness (QED) is 0.805.